The smallest absolute Gasteiger partial charge is 0.133 e. The van der Waals surface area contributed by atoms with Crippen LogP contribution < -0.4 is 5.73 Å². The Labute approximate surface area is 80.7 Å². The lowest BCUT2D eigenvalue weighted by molar-refractivity contribution is 0.595. The lowest BCUT2D eigenvalue weighted by atomic mass is 10.1. The SMILES string of the molecule is Cc1ccc(Cl)c([C@@H](N)C#N)c1F. The molecule has 0 heterocycles. The van der Waals surface area contributed by atoms with Crippen LogP contribution in [-0.2, 0) is 0 Å². The number of benzene rings is 1. The maximum Gasteiger partial charge on any atom is 0.133 e. The summed E-state index contributed by atoms with van der Waals surface area (Å²) in [6.45, 7) is 1.60. The number of hydrogen-bond donors (Lipinski definition) is 1. The van der Waals surface area contributed by atoms with Gasteiger partial charge in [0.2, 0.25) is 0 Å². The first kappa shape index (κ1) is 9.97. The molecule has 0 radical (unpaired) electrons. The average Bonchev–Trinajstić information content (AvgIpc) is 2.12. The van der Waals surface area contributed by atoms with E-state index in [0.29, 0.717) is 5.56 Å². The third-order valence-corrected chi connectivity index (χ3v) is 2.10. The van der Waals surface area contributed by atoms with Crippen LogP contribution in [0.15, 0.2) is 12.1 Å². The lowest BCUT2D eigenvalue weighted by Crippen LogP contribution is -2.11. The summed E-state index contributed by atoms with van der Waals surface area (Å²) in [6.07, 6.45) is 0. The first-order valence-corrected chi connectivity index (χ1v) is 4.05. The monoisotopic (exact) mass is 198 g/mol. The van der Waals surface area contributed by atoms with Crippen molar-refractivity contribution in [2.45, 2.75) is 13.0 Å². The van der Waals surface area contributed by atoms with Crippen LogP contribution in [0.5, 0.6) is 0 Å². The van der Waals surface area contributed by atoms with E-state index in [9.17, 15) is 4.39 Å². The molecule has 2 N–H and O–H groups in total. The predicted octanol–water partition coefficient (Wildman–Crippen LogP) is 2.31. The molecular weight excluding hydrogens is 191 g/mol. The fourth-order valence-electron chi connectivity index (χ4n) is 1.03. The highest BCUT2D eigenvalue weighted by molar-refractivity contribution is 6.31. The molecule has 0 aromatic heterocycles. The van der Waals surface area contributed by atoms with Gasteiger partial charge in [-0.1, -0.05) is 17.7 Å². The third-order valence-electron chi connectivity index (χ3n) is 1.77. The summed E-state index contributed by atoms with van der Waals surface area (Å²) in [5.41, 5.74) is 5.89. The molecule has 68 valence electrons. The Balaban J connectivity index is 3.35. The van der Waals surface area contributed by atoms with Crippen molar-refractivity contribution in [3.05, 3.63) is 34.1 Å². The predicted molar refractivity (Wildman–Crippen MR) is 48.7 cm³/mol. The van der Waals surface area contributed by atoms with Gasteiger partial charge in [-0.05, 0) is 18.6 Å². The Morgan fingerprint density at radius 1 is 1.62 bits per heavy atom. The topological polar surface area (TPSA) is 49.8 Å². The molecule has 0 saturated carbocycles. The largest absolute Gasteiger partial charge is 0.312 e. The van der Waals surface area contributed by atoms with Gasteiger partial charge < -0.3 is 5.73 Å². The van der Waals surface area contributed by atoms with Gasteiger partial charge in [-0.25, -0.2) is 4.39 Å². The fraction of sp³-hybridized carbons (Fsp3) is 0.222. The lowest BCUT2D eigenvalue weighted by Gasteiger charge is -2.08. The van der Waals surface area contributed by atoms with E-state index in [1.165, 1.54) is 6.07 Å². The van der Waals surface area contributed by atoms with Crippen molar-refractivity contribution in [3.8, 4) is 6.07 Å². The molecule has 1 aromatic rings. The molecule has 0 fully saturated rings. The van der Waals surface area contributed by atoms with Crippen LogP contribution in [0, 0.1) is 24.1 Å². The van der Waals surface area contributed by atoms with Crippen LogP contribution in [0.3, 0.4) is 0 Å². The van der Waals surface area contributed by atoms with Crippen molar-refractivity contribution in [1.82, 2.24) is 0 Å². The first-order chi connectivity index (χ1) is 6.07. The zero-order valence-electron chi connectivity index (χ0n) is 7.01. The van der Waals surface area contributed by atoms with E-state index in [0.717, 1.165) is 0 Å². The minimum Gasteiger partial charge on any atom is -0.312 e. The molecule has 0 aliphatic rings. The first-order valence-electron chi connectivity index (χ1n) is 3.67. The minimum atomic E-state index is -1.01. The van der Waals surface area contributed by atoms with Crippen LogP contribution in [0.1, 0.15) is 17.2 Å². The Kier molecular flexibility index (Phi) is 2.86. The number of nitrogens with zero attached hydrogens (tertiary/aromatic N) is 1. The maximum atomic E-state index is 13.4. The minimum absolute atomic E-state index is 0.0733. The molecule has 1 rings (SSSR count). The summed E-state index contributed by atoms with van der Waals surface area (Å²) in [5, 5.41) is 8.72. The molecule has 0 unspecified atom stereocenters. The summed E-state index contributed by atoms with van der Waals surface area (Å²) in [5.74, 6) is -0.499. The van der Waals surface area contributed by atoms with E-state index < -0.39 is 11.9 Å². The Bertz CT molecular complexity index is 371. The highest BCUT2D eigenvalue weighted by Crippen LogP contribution is 2.26. The second-order valence-corrected chi connectivity index (χ2v) is 3.11. The van der Waals surface area contributed by atoms with Crippen LogP contribution in [0.2, 0.25) is 5.02 Å². The Morgan fingerprint density at radius 3 is 2.77 bits per heavy atom. The van der Waals surface area contributed by atoms with Crippen molar-refractivity contribution in [2.24, 2.45) is 5.73 Å². The molecule has 0 aliphatic heterocycles. The highest BCUT2D eigenvalue weighted by atomic mass is 35.5. The number of aryl methyl sites for hydroxylation is 1. The Hall–Kier alpha value is -1.11. The van der Waals surface area contributed by atoms with Crippen molar-refractivity contribution in [1.29, 1.82) is 5.26 Å². The summed E-state index contributed by atoms with van der Waals surface area (Å²) < 4.78 is 13.4. The van der Waals surface area contributed by atoms with Gasteiger partial charge in [0.15, 0.2) is 0 Å². The fourth-order valence-corrected chi connectivity index (χ4v) is 1.29. The van der Waals surface area contributed by atoms with Crippen molar-refractivity contribution < 1.29 is 4.39 Å². The zero-order chi connectivity index (χ0) is 10.0. The van der Waals surface area contributed by atoms with Crippen molar-refractivity contribution in [3.63, 3.8) is 0 Å². The third kappa shape index (κ3) is 1.80. The molecule has 0 bridgehead atoms. The second kappa shape index (κ2) is 3.73. The zero-order valence-corrected chi connectivity index (χ0v) is 7.77. The van der Waals surface area contributed by atoms with E-state index >= 15 is 0 Å². The van der Waals surface area contributed by atoms with Gasteiger partial charge in [-0.2, -0.15) is 5.26 Å². The van der Waals surface area contributed by atoms with Crippen LogP contribution in [0.4, 0.5) is 4.39 Å². The second-order valence-electron chi connectivity index (χ2n) is 2.70. The van der Waals surface area contributed by atoms with Crippen LogP contribution in [0.25, 0.3) is 0 Å². The van der Waals surface area contributed by atoms with Gasteiger partial charge in [-0.3, -0.25) is 0 Å². The van der Waals surface area contributed by atoms with Gasteiger partial charge >= 0.3 is 0 Å². The van der Waals surface area contributed by atoms with Crippen LogP contribution >= 0.6 is 11.6 Å². The number of rotatable bonds is 1. The van der Waals surface area contributed by atoms with Crippen molar-refractivity contribution in [2.75, 3.05) is 0 Å². The molecule has 4 heteroatoms. The molecule has 1 aromatic carbocycles. The van der Waals surface area contributed by atoms with E-state index in [1.54, 1.807) is 19.1 Å². The number of halogens is 2. The Morgan fingerprint density at radius 2 is 2.23 bits per heavy atom. The summed E-state index contributed by atoms with van der Waals surface area (Å²) in [7, 11) is 0. The van der Waals surface area contributed by atoms with E-state index in [4.69, 9.17) is 22.6 Å². The molecule has 0 amide bonds. The van der Waals surface area contributed by atoms with Gasteiger partial charge in [0.1, 0.15) is 11.9 Å². The molecule has 0 spiro atoms. The van der Waals surface area contributed by atoms with E-state index in [1.807, 2.05) is 0 Å². The number of nitriles is 1. The summed E-state index contributed by atoms with van der Waals surface area (Å²) in [4.78, 5) is 0. The molecule has 2 nitrogen and oxygen atoms in total. The molecule has 0 aliphatic carbocycles. The van der Waals surface area contributed by atoms with Gasteiger partial charge in [0, 0.05) is 10.6 Å². The summed E-state index contributed by atoms with van der Waals surface area (Å²) >= 11 is 5.70. The molecule has 0 saturated heterocycles. The maximum absolute atomic E-state index is 13.4. The van der Waals surface area contributed by atoms with Gasteiger partial charge in [0.05, 0.1) is 6.07 Å². The standard InChI is InChI=1S/C9H8ClFN2/c1-5-2-3-6(10)8(9(5)11)7(13)4-12/h2-3,7H,13H2,1H3/t7-/m0/s1. The number of hydrogen-bond acceptors (Lipinski definition) is 2. The highest BCUT2D eigenvalue weighted by Gasteiger charge is 2.16. The van der Waals surface area contributed by atoms with E-state index in [-0.39, 0.29) is 10.6 Å². The average molecular weight is 199 g/mol. The van der Waals surface area contributed by atoms with Crippen LogP contribution in [-0.4, -0.2) is 0 Å². The normalized spacial score (nSPS) is 12.2. The van der Waals surface area contributed by atoms with Crippen molar-refractivity contribution >= 4 is 11.6 Å². The van der Waals surface area contributed by atoms with Gasteiger partial charge in [0.25, 0.3) is 0 Å². The molecular formula is C9H8ClFN2. The number of nitrogens with two attached hydrogens (primary N) is 1. The molecule has 1 atom stereocenters. The van der Waals surface area contributed by atoms with E-state index in [2.05, 4.69) is 0 Å². The quantitative estimate of drug-likeness (QED) is 0.753. The summed E-state index contributed by atoms with van der Waals surface area (Å²) in [6, 6.07) is 3.82. The molecule has 13 heavy (non-hydrogen) atoms. The van der Waals surface area contributed by atoms with Gasteiger partial charge in [-0.15, -0.1) is 0 Å².